The van der Waals surface area contributed by atoms with Crippen LogP contribution in [0.3, 0.4) is 0 Å². The van der Waals surface area contributed by atoms with Crippen molar-refractivity contribution in [3.8, 4) is 0 Å². The fraction of sp³-hybridized carbons (Fsp3) is 0.167. The number of aromatic nitrogens is 1. The van der Waals surface area contributed by atoms with Crippen LogP contribution >= 0.6 is 0 Å². The first kappa shape index (κ1) is 21.1. The van der Waals surface area contributed by atoms with E-state index in [1.165, 1.54) is 12.1 Å². The number of hydrogen-bond acceptors (Lipinski definition) is 3. The van der Waals surface area contributed by atoms with Gasteiger partial charge < -0.3 is 0 Å². The molecule has 29 heavy (non-hydrogen) atoms. The molecule has 0 radical (unpaired) electrons. The van der Waals surface area contributed by atoms with Gasteiger partial charge in [-0.1, -0.05) is 30.4 Å². The molecule has 2 N–H and O–H groups in total. The lowest BCUT2D eigenvalue weighted by molar-refractivity contribution is -0.148. The highest BCUT2D eigenvalue weighted by molar-refractivity contribution is 7.89. The minimum Gasteiger partial charge on any atom is -0.251 e. The molecule has 1 atom stereocenters. The summed E-state index contributed by atoms with van der Waals surface area (Å²) in [5.41, 5.74) is -0.733. The van der Waals surface area contributed by atoms with Crippen LogP contribution in [0.2, 0.25) is 0 Å². The van der Waals surface area contributed by atoms with Gasteiger partial charge in [0.1, 0.15) is 5.69 Å². The lowest BCUT2D eigenvalue weighted by Gasteiger charge is -2.11. The molecule has 1 heterocycles. The Morgan fingerprint density at radius 2 is 1.34 bits per heavy atom. The third-order valence-corrected chi connectivity index (χ3v) is 5.15. The molecule has 1 aromatic carbocycles. The fourth-order valence-electron chi connectivity index (χ4n) is 2.82. The van der Waals surface area contributed by atoms with Crippen molar-refractivity contribution in [1.82, 2.24) is 4.98 Å². The smallest absolute Gasteiger partial charge is 0.251 e. The van der Waals surface area contributed by atoms with Crippen LogP contribution in [0.1, 0.15) is 16.8 Å². The van der Waals surface area contributed by atoms with Gasteiger partial charge in [0.05, 0.1) is 10.8 Å². The van der Waals surface area contributed by atoms with Gasteiger partial charge in [-0.2, -0.15) is 26.3 Å². The number of nitrogens with two attached hydrogens (primary N) is 1. The number of rotatable bonds is 3. The van der Waals surface area contributed by atoms with Crippen molar-refractivity contribution < 1.29 is 34.8 Å². The van der Waals surface area contributed by atoms with Gasteiger partial charge in [0.15, 0.2) is 0 Å². The van der Waals surface area contributed by atoms with E-state index in [1.807, 2.05) is 0 Å². The Labute approximate surface area is 161 Å². The van der Waals surface area contributed by atoms with Crippen molar-refractivity contribution in [2.24, 2.45) is 11.1 Å². The van der Waals surface area contributed by atoms with E-state index in [1.54, 1.807) is 0 Å². The van der Waals surface area contributed by atoms with Gasteiger partial charge in [0.25, 0.3) is 0 Å². The summed E-state index contributed by atoms with van der Waals surface area (Å²) in [6, 6.07) is 6.53. The summed E-state index contributed by atoms with van der Waals surface area (Å²) in [6.07, 6.45) is -6.64. The van der Waals surface area contributed by atoms with Crippen molar-refractivity contribution >= 4 is 21.2 Å². The molecule has 3 rings (SSSR count). The molecule has 0 spiro atoms. The fourth-order valence-corrected chi connectivity index (χ4v) is 3.34. The summed E-state index contributed by atoms with van der Waals surface area (Å²) in [6.45, 7) is 0. The molecule has 1 aliphatic rings. The Bertz CT molecular complexity index is 1080. The summed E-state index contributed by atoms with van der Waals surface area (Å²) in [5.74, 6) is -1.95. The van der Waals surface area contributed by atoms with Gasteiger partial charge in [0.2, 0.25) is 10.0 Å². The zero-order valence-corrected chi connectivity index (χ0v) is 15.1. The average molecular weight is 434 g/mol. The van der Waals surface area contributed by atoms with E-state index in [0.717, 1.165) is 36.5 Å². The largest absolute Gasteiger partial charge is 0.433 e. The Morgan fingerprint density at radius 3 is 1.76 bits per heavy atom. The highest BCUT2D eigenvalue weighted by Gasteiger charge is 2.40. The third kappa shape index (κ3) is 4.51. The summed E-state index contributed by atoms with van der Waals surface area (Å²) in [5, 5.41) is 5.00. The van der Waals surface area contributed by atoms with Crippen LogP contribution in [-0.2, 0) is 16.2 Å². The molecule has 1 unspecified atom stereocenters. The standard InChI is InChI=1S/C18H12F6N2O2S/c19-17(20,21)12-7-14(10-1-4-13(5-2-10)29(25,27)28)15(8-12)11-3-6-16(26-9-11)18(22,23)24/h1-9,12H,(H2,25,27,28). The summed E-state index contributed by atoms with van der Waals surface area (Å²) >= 11 is 0. The van der Waals surface area contributed by atoms with Gasteiger partial charge in [-0.25, -0.2) is 13.6 Å². The maximum absolute atomic E-state index is 13.2. The number of pyridine rings is 1. The maximum atomic E-state index is 13.2. The second-order valence-electron chi connectivity index (χ2n) is 6.23. The van der Waals surface area contributed by atoms with Crippen LogP contribution in [-0.4, -0.2) is 19.6 Å². The molecule has 1 aliphatic carbocycles. The lowest BCUT2D eigenvalue weighted by atomic mass is 9.96. The Morgan fingerprint density at radius 1 is 0.828 bits per heavy atom. The number of benzene rings is 1. The topological polar surface area (TPSA) is 73.1 Å². The quantitative estimate of drug-likeness (QED) is 0.728. The molecular weight excluding hydrogens is 422 g/mol. The van der Waals surface area contributed by atoms with E-state index >= 15 is 0 Å². The van der Waals surface area contributed by atoms with Gasteiger partial charge in [-0.15, -0.1) is 0 Å². The van der Waals surface area contributed by atoms with Crippen molar-refractivity contribution in [3.63, 3.8) is 0 Å². The molecule has 4 nitrogen and oxygen atoms in total. The summed E-state index contributed by atoms with van der Waals surface area (Å²) in [4.78, 5) is 3.06. The van der Waals surface area contributed by atoms with Crippen molar-refractivity contribution in [2.45, 2.75) is 17.2 Å². The molecule has 154 valence electrons. The van der Waals surface area contributed by atoms with Crippen LogP contribution in [0.25, 0.3) is 11.1 Å². The normalized spacial score (nSPS) is 17.8. The highest BCUT2D eigenvalue weighted by atomic mass is 32.2. The second-order valence-corrected chi connectivity index (χ2v) is 7.79. The number of halogens is 6. The van der Waals surface area contributed by atoms with E-state index in [2.05, 4.69) is 4.98 Å². The number of nitrogens with zero attached hydrogens (tertiary/aromatic N) is 1. The molecular formula is C18H12F6N2O2S. The SMILES string of the molecule is NS(=O)(=O)c1ccc(C2=CC(C(F)(F)F)C=C2c2ccc(C(F)(F)F)nc2)cc1. The Hall–Kier alpha value is -2.66. The van der Waals surface area contributed by atoms with E-state index in [4.69, 9.17) is 5.14 Å². The van der Waals surface area contributed by atoms with Crippen LogP contribution in [0.5, 0.6) is 0 Å². The van der Waals surface area contributed by atoms with E-state index in [-0.39, 0.29) is 27.2 Å². The molecule has 0 saturated carbocycles. The van der Waals surface area contributed by atoms with Crippen LogP contribution in [0.15, 0.2) is 59.6 Å². The Kier molecular flexibility index (Phi) is 5.08. The lowest BCUT2D eigenvalue weighted by Crippen LogP contribution is -2.17. The van der Waals surface area contributed by atoms with Crippen molar-refractivity contribution in [3.05, 3.63) is 71.6 Å². The number of sulfonamides is 1. The third-order valence-electron chi connectivity index (χ3n) is 4.22. The molecule has 11 heteroatoms. The predicted molar refractivity (Wildman–Crippen MR) is 92.6 cm³/mol. The zero-order chi connectivity index (χ0) is 21.6. The Balaban J connectivity index is 2.05. The summed E-state index contributed by atoms with van der Waals surface area (Å²) < 4.78 is 100. The van der Waals surface area contributed by atoms with Crippen LogP contribution in [0, 0.1) is 5.92 Å². The minimum atomic E-state index is -4.68. The monoisotopic (exact) mass is 434 g/mol. The van der Waals surface area contributed by atoms with E-state index in [0.29, 0.717) is 6.07 Å². The van der Waals surface area contributed by atoms with Gasteiger partial charge in [-0.05, 0) is 34.9 Å². The number of alkyl halides is 6. The molecule has 0 amide bonds. The highest BCUT2D eigenvalue weighted by Crippen LogP contribution is 2.44. The molecule has 1 aromatic heterocycles. The molecule has 0 saturated heterocycles. The second kappa shape index (κ2) is 6.99. The first-order valence-electron chi connectivity index (χ1n) is 7.94. The number of primary sulfonamides is 1. The van der Waals surface area contributed by atoms with Crippen molar-refractivity contribution in [1.29, 1.82) is 0 Å². The van der Waals surface area contributed by atoms with Gasteiger partial charge in [-0.3, -0.25) is 4.98 Å². The molecule has 0 aliphatic heterocycles. The molecule has 0 bridgehead atoms. The average Bonchev–Trinajstić information content (AvgIpc) is 3.06. The van der Waals surface area contributed by atoms with Gasteiger partial charge >= 0.3 is 12.4 Å². The summed E-state index contributed by atoms with van der Waals surface area (Å²) in [7, 11) is -3.99. The first-order chi connectivity index (χ1) is 13.3. The van der Waals surface area contributed by atoms with Crippen molar-refractivity contribution in [2.75, 3.05) is 0 Å². The first-order valence-corrected chi connectivity index (χ1v) is 9.49. The zero-order valence-electron chi connectivity index (χ0n) is 14.3. The maximum Gasteiger partial charge on any atom is 0.433 e. The van der Waals surface area contributed by atoms with Crippen LogP contribution in [0.4, 0.5) is 26.3 Å². The predicted octanol–water partition coefficient (Wildman–Crippen LogP) is 4.41. The number of allylic oxidation sites excluding steroid dienone is 4. The number of hydrogen-bond donors (Lipinski definition) is 1. The molecule has 2 aromatic rings. The van der Waals surface area contributed by atoms with Gasteiger partial charge in [0, 0.05) is 11.8 Å². The van der Waals surface area contributed by atoms with Crippen LogP contribution < -0.4 is 5.14 Å². The van der Waals surface area contributed by atoms with E-state index < -0.39 is 34.0 Å². The minimum absolute atomic E-state index is 0.0388. The van der Waals surface area contributed by atoms with E-state index in [9.17, 15) is 34.8 Å². The molecule has 0 fully saturated rings.